The van der Waals surface area contributed by atoms with Gasteiger partial charge in [0.2, 0.25) is 0 Å². The number of carbonyl (C=O) groups excluding carboxylic acids is 1. The van der Waals surface area contributed by atoms with Crippen molar-refractivity contribution >= 4 is 11.9 Å². The molecule has 0 bridgehead atoms. The summed E-state index contributed by atoms with van der Waals surface area (Å²) in [6.07, 6.45) is 13.0. The van der Waals surface area contributed by atoms with Crippen molar-refractivity contribution in [2.45, 2.75) is 98.0 Å². The molecule has 0 aliphatic rings. The molecule has 0 fully saturated rings. The number of carbonyl (C=O) groups is 1. The summed E-state index contributed by atoms with van der Waals surface area (Å²) in [5.41, 5.74) is 2.36. The summed E-state index contributed by atoms with van der Waals surface area (Å²) in [4.78, 5) is 16.9. The normalized spacial score (nSPS) is 14.2. The van der Waals surface area contributed by atoms with Gasteiger partial charge in [-0.2, -0.15) is 0 Å². The van der Waals surface area contributed by atoms with Gasteiger partial charge < -0.3 is 19.3 Å². The van der Waals surface area contributed by atoms with E-state index < -0.39 is 12.3 Å². The van der Waals surface area contributed by atoms with Crippen LogP contribution in [0.3, 0.4) is 0 Å². The zero-order chi connectivity index (χ0) is 28.0. The molecule has 0 amide bonds. The van der Waals surface area contributed by atoms with Crippen LogP contribution >= 0.6 is 0 Å². The number of unbranched alkanes of at least 4 members (excludes halogenated alkanes) is 6. The van der Waals surface area contributed by atoms with Crippen molar-refractivity contribution in [1.82, 2.24) is 0 Å². The van der Waals surface area contributed by atoms with Crippen LogP contribution in [-0.4, -0.2) is 43.8 Å². The lowest BCUT2D eigenvalue weighted by molar-refractivity contribution is 0.00184. The van der Waals surface area contributed by atoms with E-state index in [1.165, 1.54) is 12.8 Å². The van der Waals surface area contributed by atoms with Crippen LogP contribution in [0.25, 0.3) is 0 Å². The molecule has 214 valence electrons. The molecule has 0 aliphatic carbocycles. The van der Waals surface area contributed by atoms with Crippen molar-refractivity contribution in [2.24, 2.45) is 10.9 Å². The highest BCUT2D eigenvalue weighted by Gasteiger charge is 2.24. The summed E-state index contributed by atoms with van der Waals surface area (Å²) in [5, 5.41) is 10.1. The fourth-order valence-electron chi connectivity index (χ4n) is 4.30. The Kier molecular flexibility index (Phi) is 18.8. The minimum absolute atomic E-state index is 0.0410. The molecular formula is C32H51NO5. The second kappa shape index (κ2) is 21.3. The van der Waals surface area contributed by atoms with Gasteiger partial charge in [0, 0.05) is 12.6 Å². The van der Waals surface area contributed by atoms with Crippen LogP contribution in [0.5, 0.6) is 0 Å². The number of aliphatic hydroxyl groups excluding tert-OH is 1. The van der Waals surface area contributed by atoms with Gasteiger partial charge in [0.05, 0.1) is 19.8 Å². The zero-order valence-electron chi connectivity index (χ0n) is 24.4. The van der Waals surface area contributed by atoms with Crippen molar-refractivity contribution in [3.8, 4) is 0 Å². The van der Waals surface area contributed by atoms with Gasteiger partial charge in [-0.05, 0) is 50.2 Å². The Hall–Kier alpha value is -2.60. The van der Waals surface area contributed by atoms with Gasteiger partial charge in [-0.1, -0.05) is 95.7 Å². The lowest BCUT2D eigenvalue weighted by Gasteiger charge is -2.24. The fraction of sp³-hybridized carbons (Fsp3) is 0.625. The number of hydrogen-bond donors (Lipinski definition) is 1. The molecule has 1 rings (SSSR count). The van der Waals surface area contributed by atoms with Gasteiger partial charge >= 0.3 is 6.16 Å². The number of benzene rings is 1. The van der Waals surface area contributed by atoms with E-state index in [9.17, 15) is 9.90 Å². The molecule has 2 atom stereocenters. The third kappa shape index (κ3) is 13.3. The van der Waals surface area contributed by atoms with Gasteiger partial charge in [0.1, 0.15) is 17.6 Å². The Morgan fingerprint density at radius 2 is 1.61 bits per heavy atom. The maximum atomic E-state index is 12.4. The number of aliphatic hydroxyl groups is 1. The number of allylic oxidation sites excluding steroid dienone is 3. The maximum absolute atomic E-state index is 12.4. The molecule has 1 aromatic carbocycles. The van der Waals surface area contributed by atoms with E-state index in [4.69, 9.17) is 14.2 Å². The van der Waals surface area contributed by atoms with Crippen molar-refractivity contribution in [3.05, 3.63) is 59.4 Å². The number of nitrogens with zero attached hydrogens (tertiary/aromatic N) is 1. The molecule has 6 heteroatoms. The molecule has 1 aromatic rings. The first-order valence-corrected chi connectivity index (χ1v) is 14.5. The van der Waals surface area contributed by atoms with Crippen LogP contribution in [0, 0.1) is 5.92 Å². The standard InChI is InChI=1S/C32H51NO5/c1-6-9-11-16-23-36-29(8-3)30(33-5)28(25-34)22-18-19-26(4)31(27-20-14-13-15-21-27)38-32(35)37-24-17-12-10-7-2/h8,13-15,20-22,26,31,34H,6-7,9-12,16-19,23-25H2,1-5H3/b28-22+,29-8+,33-30?. The second-order valence-corrected chi connectivity index (χ2v) is 9.68. The highest BCUT2D eigenvalue weighted by atomic mass is 16.7. The Morgan fingerprint density at radius 3 is 2.16 bits per heavy atom. The van der Waals surface area contributed by atoms with E-state index in [0.717, 1.165) is 56.1 Å². The average molecular weight is 530 g/mol. The smallest absolute Gasteiger partial charge is 0.492 e. The van der Waals surface area contributed by atoms with E-state index in [0.29, 0.717) is 31.1 Å². The van der Waals surface area contributed by atoms with Crippen molar-refractivity contribution in [2.75, 3.05) is 26.9 Å². The molecule has 2 unspecified atom stereocenters. The third-order valence-corrected chi connectivity index (χ3v) is 6.55. The van der Waals surface area contributed by atoms with Crippen LogP contribution in [0.4, 0.5) is 4.79 Å². The molecule has 38 heavy (non-hydrogen) atoms. The fourth-order valence-corrected chi connectivity index (χ4v) is 4.30. The quantitative estimate of drug-likeness (QED) is 0.0794. The predicted molar refractivity (Wildman–Crippen MR) is 157 cm³/mol. The minimum Gasteiger partial charge on any atom is -0.492 e. The second-order valence-electron chi connectivity index (χ2n) is 9.68. The van der Waals surface area contributed by atoms with Gasteiger partial charge in [-0.15, -0.1) is 0 Å². The van der Waals surface area contributed by atoms with Crippen LogP contribution in [0.1, 0.15) is 104 Å². The Labute approximate surface area is 231 Å². The molecule has 6 nitrogen and oxygen atoms in total. The Morgan fingerprint density at radius 1 is 0.974 bits per heavy atom. The Bertz CT molecular complexity index is 847. The van der Waals surface area contributed by atoms with Crippen LogP contribution in [0.15, 0.2) is 58.8 Å². The van der Waals surface area contributed by atoms with Crippen LogP contribution < -0.4 is 0 Å². The molecule has 0 aliphatic heterocycles. The van der Waals surface area contributed by atoms with E-state index in [1.54, 1.807) is 7.05 Å². The number of aliphatic imine (C=N–C) groups is 1. The minimum atomic E-state index is -0.622. The molecule has 0 radical (unpaired) electrons. The summed E-state index contributed by atoms with van der Waals surface area (Å²) >= 11 is 0. The highest BCUT2D eigenvalue weighted by Crippen LogP contribution is 2.30. The first kappa shape index (κ1) is 33.4. The van der Waals surface area contributed by atoms with E-state index in [1.807, 2.05) is 49.4 Å². The maximum Gasteiger partial charge on any atom is 0.508 e. The number of ether oxygens (including phenoxy) is 3. The SMILES string of the molecule is C/C=C(/OCCCCCC)C(=NC)/C(=C/CCC(C)C(OC(=O)OCCCCCC)c1ccccc1)CO. The Balaban J connectivity index is 2.80. The first-order valence-electron chi connectivity index (χ1n) is 14.5. The molecular weight excluding hydrogens is 478 g/mol. The van der Waals surface area contributed by atoms with Crippen molar-refractivity contribution in [3.63, 3.8) is 0 Å². The van der Waals surface area contributed by atoms with E-state index >= 15 is 0 Å². The lowest BCUT2D eigenvalue weighted by atomic mass is 9.92. The number of hydrogen-bond acceptors (Lipinski definition) is 6. The van der Waals surface area contributed by atoms with Crippen molar-refractivity contribution in [1.29, 1.82) is 0 Å². The molecule has 0 saturated carbocycles. The van der Waals surface area contributed by atoms with Crippen molar-refractivity contribution < 1.29 is 24.1 Å². The molecule has 0 saturated heterocycles. The third-order valence-electron chi connectivity index (χ3n) is 6.55. The molecule has 0 heterocycles. The zero-order valence-corrected chi connectivity index (χ0v) is 24.4. The summed E-state index contributed by atoms with van der Waals surface area (Å²) < 4.78 is 17.2. The topological polar surface area (TPSA) is 77.4 Å². The van der Waals surface area contributed by atoms with Gasteiger partial charge in [-0.25, -0.2) is 4.79 Å². The van der Waals surface area contributed by atoms with Crippen LogP contribution in [0.2, 0.25) is 0 Å². The average Bonchev–Trinajstić information content (AvgIpc) is 2.94. The summed E-state index contributed by atoms with van der Waals surface area (Å²) in [5.74, 6) is 0.740. The largest absolute Gasteiger partial charge is 0.508 e. The highest BCUT2D eigenvalue weighted by molar-refractivity contribution is 6.11. The van der Waals surface area contributed by atoms with Gasteiger partial charge in [0.15, 0.2) is 0 Å². The molecule has 0 spiro atoms. The molecule has 0 aromatic heterocycles. The van der Waals surface area contributed by atoms with Gasteiger partial charge in [-0.3, -0.25) is 4.99 Å². The lowest BCUT2D eigenvalue weighted by Crippen LogP contribution is -2.19. The van der Waals surface area contributed by atoms with Crippen LogP contribution in [-0.2, 0) is 14.2 Å². The van der Waals surface area contributed by atoms with Gasteiger partial charge in [0.25, 0.3) is 0 Å². The summed E-state index contributed by atoms with van der Waals surface area (Å²) in [6.45, 7) is 9.23. The van der Waals surface area contributed by atoms with E-state index in [2.05, 4.69) is 25.8 Å². The predicted octanol–water partition coefficient (Wildman–Crippen LogP) is 8.37. The monoisotopic (exact) mass is 529 g/mol. The summed E-state index contributed by atoms with van der Waals surface area (Å²) in [6, 6.07) is 9.79. The number of rotatable bonds is 20. The first-order chi connectivity index (χ1) is 18.5. The summed E-state index contributed by atoms with van der Waals surface area (Å²) in [7, 11) is 1.72. The van der Waals surface area contributed by atoms with E-state index in [-0.39, 0.29) is 12.5 Å². The molecule has 1 N–H and O–H groups in total.